The summed E-state index contributed by atoms with van der Waals surface area (Å²) in [6, 6.07) is 0.553. The smallest absolute Gasteiger partial charge is 0.326 e. The van der Waals surface area contributed by atoms with Crippen LogP contribution < -0.4 is 5.32 Å². The second-order valence-corrected chi connectivity index (χ2v) is 5.60. The Labute approximate surface area is 120 Å². The van der Waals surface area contributed by atoms with Crippen molar-refractivity contribution < 1.29 is 24.6 Å². The monoisotopic (exact) mass is 299 g/mol. The summed E-state index contributed by atoms with van der Waals surface area (Å²) in [7, 11) is 0. The van der Waals surface area contributed by atoms with Crippen molar-refractivity contribution in [1.29, 1.82) is 0 Å². The first-order valence-corrected chi connectivity index (χ1v) is 7.01. The fourth-order valence-electron chi connectivity index (χ4n) is 1.74. The zero-order valence-corrected chi connectivity index (χ0v) is 12.1. The number of carboxylic acids is 2. The SMILES string of the molecule is CCc1cc(C(=O)N[C@@H](CCC(=O)O)C(=O)O)sc1C. The highest BCUT2D eigenvalue weighted by Gasteiger charge is 2.22. The quantitative estimate of drug-likeness (QED) is 0.710. The summed E-state index contributed by atoms with van der Waals surface area (Å²) in [6.07, 6.45) is 0.360. The molecule has 20 heavy (non-hydrogen) atoms. The zero-order chi connectivity index (χ0) is 15.3. The molecule has 1 heterocycles. The Balaban J connectivity index is 2.74. The molecule has 1 atom stereocenters. The summed E-state index contributed by atoms with van der Waals surface area (Å²) in [5.41, 5.74) is 1.05. The molecule has 7 heteroatoms. The van der Waals surface area contributed by atoms with Crippen LogP contribution in [0, 0.1) is 6.92 Å². The lowest BCUT2D eigenvalue weighted by atomic mass is 10.1. The minimum atomic E-state index is -1.23. The minimum Gasteiger partial charge on any atom is -0.481 e. The van der Waals surface area contributed by atoms with E-state index in [1.807, 2.05) is 13.8 Å². The molecule has 0 saturated heterocycles. The molecule has 110 valence electrons. The van der Waals surface area contributed by atoms with Crippen LogP contribution in [0.2, 0.25) is 0 Å². The number of hydrogen-bond donors (Lipinski definition) is 3. The molecule has 0 unspecified atom stereocenters. The highest BCUT2D eigenvalue weighted by molar-refractivity contribution is 7.14. The van der Waals surface area contributed by atoms with Crippen LogP contribution in [0.3, 0.4) is 0 Å². The van der Waals surface area contributed by atoms with Crippen molar-refractivity contribution in [1.82, 2.24) is 5.32 Å². The molecule has 0 bridgehead atoms. The van der Waals surface area contributed by atoms with Gasteiger partial charge in [-0.05, 0) is 31.4 Å². The first kappa shape index (κ1) is 16.2. The van der Waals surface area contributed by atoms with E-state index in [9.17, 15) is 14.4 Å². The predicted octanol–water partition coefficient (Wildman–Crippen LogP) is 1.67. The lowest BCUT2D eigenvalue weighted by molar-refractivity contribution is -0.140. The first-order chi connectivity index (χ1) is 9.35. The third kappa shape index (κ3) is 4.34. The van der Waals surface area contributed by atoms with E-state index in [2.05, 4.69) is 5.32 Å². The van der Waals surface area contributed by atoms with Crippen LogP contribution in [0.5, 0.6) is 0 Å². The zero-order valence-electron chi connectivity index (χ0n) is 11.3. The second-order valence-electron chi connectivity index (χ2n) is 4.34. The second kappa shape index (κ2) is 7.04. The van der Waals surface area contributed by atoms with Crippen molar-refractivity contribution in [3.8, 4) is 0 Å². The number of hydrogen-bond acceptors (Lipinski definition) is 4. The van der Waals surface area contributed by atoms with Gasteiger partial charge in [0.25, 0.3) is 5.91 Å². The Morgan fingerprint density at radius 2 is 2.00 bits per heavy atom. The van der Waals surface area contributed by atoms with Crippen LogP contribution in [0.4, 0.5) is 0 Å². The maximum Gasteiger partial charge on any atom is 0.326 e. The summed E-state index contributed by atoms with van der Waals surface area (Å²) >= 11 is 1.30. The van der Waals surface area contributed by atoms with Gasteiger partial charge in [-0.2, -0.15) is 0 Å². The van der Waals surface area contributed by atoms with Gasteiger partial charge < -0.3 is 15.5 Å². The van der Waals surface area contributed by atoms with Crippen molar-refractivity contribution in [2.24, 2.45) is 0 Å². The first-order valence-electron chi connectivity index (χ1n) is 6.19. The molecular weight excluding hydrogens is 282 g/mol. The normalized spacial score (nSPS) is 11.9. The molecule has 0 aliphatic carbocycles. The van der Waals surface area contributed by atoms with E-state index >= 15 is 0 Å². The third-order valence-corrected chi connectivity index (χ3v) is 3.97. The topological polar surface area (TPSA) is 104 Å². The van der Waals surface area contributed by atoms with Gasteiger partial charge >= 0.3 is 11.9 Å². The summed E-state index contributed by atoms with van der Waals surface area (Å²) in [5, 5.41) is 19.9. The van der Waals surface area contributed by atoms with Crippen LogP contribution in [-0.2, 0) is 16.0 Å². The third-order valence-electron chi connectivity index (χ3n) is 2.88. The molecule has 1 aromatic heterocycles. The average Bonchev–Trinajstić information content (AvgIpc) is 2.75. The predicted molar refractivity (Wildman–Crippen MR) is 74.2 cm³/mol. The Morgan fingerprint density at radius 3 is 2.45 bits per heavy atom. The van der Waals surface area contributed by atoms with E-state index in [4.69, 9.17) is 10.2 Å². The van der Waals surface area contributed by atoms with Gasteiger partial charge in [-0.3, -0.25) is 9.59 Å². The number of carbonyl (C=O) groups is 3. The van der Waals surface area contributed by atoms with E-state index < -0.39 is 23.9 Å². The van der Waals surface area contributed by atoms with Gasteiger partial charge in [0.05, 0.1) is 4.88 Å². The number of aliphatic carboxylic acids is 2. The molecule has 3 N–H and O–H groups in total. The van der Waals surface area contributed by atoms with E-state index in [-0.39, 0.29) is 12.8 Å². The van der Waals surface area contributed by atoms with Crippen molar-refractivity contribution in [2.75, 3.05) is 0 Å². The van der Waals surface area contributed by atoms with Crippen molar-refractivity contribution in [3.05, 3.63) is 21.4 Å². The minimum absolute atomic E-state index is 0.138. The Bertz CT molecular complexity index is 523. The van der Waals surface area contributed by atoms with Gasteiger partial charge in [0.1, 0.15) is 6.04 Å². The van der Waals surface area contributed by atoms with Crippen molar-refractivity contribution in [3.63, 3.8) is 0 Å². The fraction of sp³-hybridized carbons (Fsp3) is 0.462. The Morgan fingerprint density at radius 1 is 1.35 bits per heavy atom. The number of carbonyl (C=O) groups excluding carboxylic acids is 1. The van der Waals surface area contributed by atoms with Gasteiger partial charge in [0, 0.05) is 11.3 Å². The molecule has 0 spiro atoms. The standard InChI is InChI=1S/C13H17NO5S/c1-3-8-6-10(20-7(8)2)12(17)14-9(13(18)19)4-5-11(15)16/h6,9H,3-5H2,1-2H3,(H,14,17)(H,15,16)(H,18,19)/t9-/m0/s1. The molecule has 6 nitrogen and oxygen atoms in total. The van der Waals surface area contributed by atoms with Crippen LogP contribution in [-0.4, -0.2) is 34.1 Å². The molecule has 0 aliphatic heterocycles. The molecular formula is C13H17NO5S. The number of nitrogens with one attached hydrogen (secondary N) is 1. The Hall–Kier alpha value is -1.89. The molecule has 1 amide bonds. The van der Waals surface area contributed by atoms with Crippen molar-refractivity contribution >= 4 is 29.2 Å². The largest absolute Gasteiger partial charge is 0.481 e. The summed E-state index contributed by atoms with van der Waals surface area (Å²) in [4.78, 5) is 34.9. The van der Waals surface area contributed by atoms with Crippen LogP contribution >= 0.6 is 11.3 Å². The van der Waals surface area contributed by atoms with Crippen LogP contribution in [0.25, 0.3) is 0 Å². The van der Waals surface area contributed by atoms with Crippen molar-refractivity contribution in [2.45, 2.75) is 39.2 Å². The van der Waals surface area contributed by atoms with Gasteiger partial charge in [-0.15, -0.1) is 11.3 Å². The maximum atomic E-state index is 12.0. The van der Waals surface area contributed by atoms with E-state index in [1.165, 1.54) is 11.3 Å². The van der Waals surface area contributed by atoms with E-state index in [1.54, 1.807) is 6.07 Å². The molecule has 0 fully saturated rings. The van der Waals surface area contributed by atoms with Gasteiger partial charge in [-0.25, -0.2) is 4.79 Å². The van der Waals surface area contributed by atoms with Gasteiger partial charge in [-0.1, -0.05) is 6.92 Å². The maximum absolute atomic E-state index is 12.0. The summed E-state index contributed by atoms with van der Waals surface area (Å²) in [5.74, 6) is -2.80. The lowest BCUT2D eigenvalue weighted by Crippen LogP contribution is -2.40. The molecule has 1 aromatic rings. The van der Waals surface area contributed by atoms with E-state index in [0.29, 0.717) is 4.88 Å². The number of amides is 1. The number of carboxylic acid groups (broad SMARTS) is 2. The molecule has 0 radical (unpaired) electrons. The average molecular weight is 299 g/mol. The summed E-state index contributed by atoms with van der Waals surface area (Å²) in [6.45, 7) is 3.88. The molecule has 1 rings (SSSR count). The van der Waals surface area contributed by atoms with Crippen LogP contribution in [0.15, 0.2) is 6.07 Å². The number of thiophene rings is 1. The number of aryl methyl sites for hydroxylation is 2. The van der Waals surface area contributed by atoms with Gasteiger partial charge in [0.15, 0.2) is 0 Å². The summed E-state index contributed by atoms with van der Waals surface area (Å²) < 4.78 is 0. The molecule has 0 saturated carbocycles. The highest BCUT2D eigenvalue weighted by Crippen LogP contribution is 2.22. The fourth-order valence-corrected chi connectivity index (χ4v) is 2.75. The van der Waals surface area contributed by atoms with Gasteiger partial charge in [0.2, 0.25) is 0 Å². The molecule has 0 aliphatic rings. The lowest BCUT2D eigenvalue weighted by Gasteiger charge is -2.12. The van der Waals surface area contributed by atoms with E-state index in [0.717, 1.165) is 16.9 Å². The van der Waals surface area contributed by atoms with Crippen LogP contribution in [0.1, 0.15) is 39.9 Å². The molecule has 0 aromatic carbocycles. The highest BCUT2D eigenvalue weighted by atomic mass is 32.1. The Kier molecular flexibility index (Phi) is 5.69. The number of rotatable bonds is 7.